The van der Waals surface area contributed by atoms with Crippen LogP contribution >= 0.6 is 0 Å². The van der Waals surface area contributed by atoms with E-state index in [-0.39, 0.29) is 5.91 Å². The molecule has 2 aliphatic rings. The van der Waals surface area contributed by atoms with Gasteiger partial charge in [-0.25, -0.2) is 4.68 Å². The molecule has 0 bridgehead atoms. The number of likely N-dealkylation sites (tertiary alicyclic amines) is 1. The first-order valence-corrected chi connectivity index (χ1v) is 10.7. The predicted molar refractivity (Wildman–Crippen MR) is 107 cm³/mol. The van der Waals surface area contributed by atoms with Gasteiger partial charge in [0.2, 0.25) is 0 Å². The average Bonchev–Trinajstić information content (AvgIpc) is 3.07. The maximum absolute atomic E-state index is 12.6. The Morgan fingerprint density at radius 3 is 2.59 bits per heavy atom. The SMILES string of the molecule is Cc1c(C(=O)NCC2CCN(CCC(C)C)CC2)nnn1C1CCNCC1. The summed E-state index contributed by atoms with van der Waals surface area (Å²) in [5.74, 6) is 1.27. The second kappa shape index (κ2) is 9.64. The Morgan fingerprint density at radius 1 is 1.22 bits per heavy atom. The van der Waals surface area contributed by atoms with Crippen molar-refractivity contribution in [1.82, 2.24) is 30.5 Å². The lowest BCUT2D eigenvalue weighted by molar-refractivity contribution is 0.0929. The molecule has 0 aromatic carbocycles. The molecule has 3 rings (SSSR count). The minimum atomic E-state index is -0.0741. The largest absolute Gasteiger partial charge is 0.350 e. The number of aromatic nitrogens is 3. The van der Waals surface area contributed by atoms with E-state index < -0.39 is 0 Å². The monoisotopic (exact) mass is 376 g/mol. The van der Waals surface area contributed by atoms with Crippen LogP contribution < -0.4 is 10.6 Å². The Morgan fingerprint density at radius 2 is 1.93 bits per heavy atom. The molecule has 7 nitrogen and oxygen atoms in total. The van der Waals surface area contributed by atoms with Crippen LogP contribution in [0, 0.1) is 18.8 Å². The summed E-state index contributed by atoms with van der Waals surface area (Å²) >= 11 is 0. The van der Waals surface area contributed by atoms with Crippen molar-refractivity contribution in [1.29, 1.82) is 0 Å². The molecular formula is C20H36N6O. The normalized spacial score (nSPS) is 20.3. The number of carbonyl (C=O) groups is 1. The second-order valence-electron chi connectivity index (χ2n) is 8.63. The quantitative estimate of drug-likeness (QED) is 0.761. The Bertz CT molecular complexity index is 600. The van der Waals surface area contributed by atoms with Crippen molar-refractivity contribution < 1.29 is 4.79 Å². The van der Waals surface area contributed by atoms with Gasteiger partial charge < -0.3 is 15.5 Å². The molecule has 0 saturated carbocycles. The minimum absolute atomic E-state index is 0.0741. The first-order chi connectivity index (χ1) is 13.0. The summed E-state index contributed by atoms with van der Waals surface area (Å²) in [6.07, 6.45) is 5.69. The van der Waals surface area contributed by atoms with Gasteiger partial charge in [0.05, 0.1) is 11.7 Å². The van der Waals surface area contributed by atoms with Gasteiger partial charge in [-0.05, 0) is 83.6 Å². The smallest absolute Gasteiger partial charge is 0.273 e. The molecule has 27 heavy (non-hydrogen) atoms. The van der Waals surface area contributed by atoms with Crippen LogP contribution in [-0.4, -0.2) is 65.1 Å². The molecule has 0 unspecified atom stereocenters. The van der Waals surface area contributed by atoms with Gasteiger partial charge in [0.15, 0.2) is 5.69 Å². The molecule has 3 heterocycles. The van der Waals surface area contributed by atoms with Gasteiger partial charge in [-0.1, -0.05) is 19.1 Å². The number of hydrogen-bond donors (Lipinski definition) is 2. The summed E-state index contributed by atoms with van der Waals surface area (Å²) in [7, 11) is 0. The number of carbonyl (C=O) groups excluding carboxylic acids is 1. The van der Waals surface area contributed by atoms with Gasteiger partial charge in [-0.3, -0.25) is 4.79 Å². The minimum Gasteiger partial charge on any atom is -0.350 e. The zero-order valence-electron chi connectivity index (χ0n) is 17.2. The predicted octanol–water partition coefficient (Wildman–Crippen LogP) is 2.00. The lowest BCUT2D eigenvalue weighted by Gasteiger charge is -2.32. The van der Waals surface area contributed by atoms with Gasteiger partial charge in [-0.2, -0.15) is 0 Å². The molecule has 0 spiro atoms. The zero-order chi connectivity index (χ0) is 19.2. The molecule has 152 valence electrons. The molecular weight excluding hydrogens is 340 g/mol. The number of amides is 1. The standard InChI is InChI=1S/C20H36N6O/c1-15(2)6-11-25-12-7-17(8-13-25)14-22-20(27)19-16(3)26(24-23-19)18-4-9-21-10-5-18/h15,17-18,21H,4-14H2,1-3H3,(H,22,27). The Kier molecular flexibility index (Phi) is 7.24. The van der Waals surface area contributed by atoms with Crippen LogP contribution in [0.2, 0.25) is 0 Å². The number of piperidine rings is 2. The third-order valence-electron chi connectivity index (χ3n) is 6.08. The van der Waals surface area contributed by atoms with E-state index in [2.05, 4.69) is 39.7 Å². The summed E-state index contributed by atoms with van der Waals surface area (Å²) in [5.41, 5.74) is 1.38. The van der Waals surface area contributed by atoms with Crippen LogP contribution in [-0.2, 0) is 0 Å². The summed E-state index contributed by atoms with van der Waals surface area (Å²) in [6, 6.07) is 0.357. The van der Waals surface area contributed by atoms with Crippen molar-refractivity contribution in [2.75, 3.05) is 39.3 Å². The summed E-state index contributed by atoms with van der Waals surface area (Å²) in [5, 5.41) is 14.9. The molecule has 0 atom stereocenters. The van der Waals surface area contributed by atoms with Crippen molar-refractivity contribution in [3.05, 3.63) is 11.4 Å². The number of nitrogens with one attached hydrogen (secondary N) is 2. The van der Waals surface area contributed by atoms with E-state index in [1.807, 2.05) is 11.6 Å². The fourth-order valence-corrected chi connectivity index (χ4v) is 4.12. The fourth-order valence-electron chi connectivity index (χ4n) is 4.12. The first kappa shape index (κ1) is 20.3. The summed E-state index contributed by atoms with van der Waals surface area (Å²) in [6.45, 7) is 12.8. The molecule has 0 radical (unpaired) electrons. The maximum Gasteiger partial charge on any atom is 0.273 e. The van der Waals surface area contributed by atoms with Crippen LogP contribution in [0.4, 0.5) is 0 Å². The van der Waals surface area contributed by atoms with E-state index >= 15 is 0 Å². The molecule has 0 aliphatic carbocycles. The van der Waals surface area contributed by atoms with Gasteiger partial charge in [0.25, 0.3) is 5.91 Å². The maximum atomic E-state index is 12.6. The van der Waals surface area contributed by atoms with Crippen LogP contribution in [0.5, 0.6) is 0 Å². The molecule has 1 aromatic heterocycles. The van der Waals surface area contributed by atoms with E-state index in [4.69, 9.17) is 0 Å². The van der Waals surface area contributed by atoms with Crippen LogP contribution in [0.3, 0.4) is 0 Å². The van der Waals surface area contributed by atoms with Crippen LogP contribution in [0.15, 0.2) is 0 Å². The zero-order valence-corrected chi connectivity index (χ0v) is 17.2. The van der Waals surface area contributed by atoms with Crippen LogP contribution in [0.25, 0.3) is 0 Å². The highest BCUT2D eigenvalue weighted by Crippen LogP contribution is 2.21. The fraction of sp³-hybridized carbons (Fsp3) is 0.850. The van der Waals surface area contributed by atoms with Crippen molar-refractivity contribution >= 4 is 5.91 Å². The Hall–Kier alpha value is -1.47. The van der Waals surface area contributed by atoms with Crippen molar-refractivity contribution in [2.45, 2.75) is 58.9 Å². The van der Waals surface area contributed by atoms with E-state index in [1.165, 1.54) is 25.8 Å². The summed E-state index contributed by atoms with van der Waals surface area (Å²) < 4.78 is 1.95. The lowest BCUT2D eigenvalue weighted by atomic mass is 9.96. The van der Waals surface area contributed by atoms with Crippen molar-refractivity contribution in [3.8, 4) is 0 Å². The molecule has 7 heteroatoms. The van der Waals surface area contributed by atoms with Crippen LogP contribution in [0.1, 0.15) is 68.2 Å². The first-order valence-electron chi connectivity index (χ1n) is 10.7. The van der Waals surface area contributed by atoms with Gasteiger partial charge in [0.1, 0.15) is 0 Å². The van der Waals surface area contributed by atoms with Gasteiger partial charge in [-0.15, -0.1) is 5.10 Å². The topological polar surface area (TPSA) is 75.1 Å². The third kappa shape index (κ3) is 5.51. The highest BCUT2D eigenvalue weighted by Gasteiger charge is 2.24. The number of rotatable bonds is 7. The molecule has 1 aromatic rings. The number of nitrogens with zero attached hydrogens (tertiary/aromatic N) is 4. The molecule has 1 amide bonds. The van der Waals surface area contributed by atoms with Gasteiger partial charge >= 0.3 is 0 Å². The molecule has 2 aliphatic heterocycles. The molecule has 2 fully saturated rings. The highest BCUT2D eigenvalue weighted by molar-refractivity contribution is 5.93. The average molecular weight is 377 g/mol. The molecule has 2 N–H and O–H groups in total. The Labute approximate surface area is 163 Å². The van der Waals surface area contributed by atoms with E-state index in [9.17, 15) is 4.79 Å². The van der Waals surface area contributed by atoms with Gasteiger partial charge in [0, 0.05) is 6.54 Å². The van der Waals surface area contributed by atoms with Crippen molar-refractivity contribution in [2.24, 2.45) is 11.8 Å². The summed E-state index contributed by atoms with van der Waals surface area (Å²) in [4.78, 5) is 15.2. The van der Waals surface area contributed by atoms with E-state index in [0.29, 0.717) is 17.7 Å². The van der Waals surface area contributed by atoms with E-state index in [1.54, 1.807) is 0 Å². The lowest BCUT2D eigenvalue weighted by Crippen LogP contribution is -2.39. The molecule has 2 saturated heterocycles. The Balaban J connectivity index is 1.44. The number of hydrogen-bond acceptors (Lipinski definition) is 5. The van der Waals surface area contributed by atoms with E-state index in [0.717, 1.165) is 57.2 Å². The van der Waals surface area contributed by atoms with Crippen molar-refractivity contribution in [3.63, 3.8) is 0 Å². The highest BCUT2D eigenvalue weighted by atomic mass is 16.2. The third-order valence-corrected chi connectivity index (χ3v) is 6.08. The second-order valence-corrected chi connectivity index (χ2v) is 8.63.